The van der Waals surface area contributed by atoms with E-state index in [9.17, 15) is 9.18 Å². The van der Waals surface area contributed by atoms with Crippen molar-refractivity contribution in [1.82, 2.24) is 19.9 Å². The largest absolute Gasteiger partial charge is 0.367 e. The number of anilines is 1. The minimum atomic E-state index is -0.307. The monoisotopic (exact) mass is 459 g/mol. The van der Waals surface area contributed by atoms with Crippen molar-refractivity contribution in [3.8, 4) is 10.4 Å². The summed E-state index contributed by atoms with van der Waals surface area (Å²) < 4.78 is 13.4. The van der Waals surface area contributed by atoms with E-state index in [-0.39, 0.29) is 17.8 Å². The van der Waals surface area contributed by atoms with Gasteiger partial charge in [0, 0.05) is 13.1 Å². The van der Waals surface area contributed by atoms with E-state index in [1.807, 2.05) is 11.8 Å². The first-order valence-corrected chi connectivity index (χ1v) is 11.4. The van der Waals surface area contributed by atoms with Gasteiger partial charge in [0.25, 0.3) is 5.91 Å². The van der Waals surface area contributed by atoms with Gasteiger partial charge in [-0.25, -0.2) is 14.4 Å². The van der Waals surface area contributed by atoms with Crippen molar-refractivity contribution in [3.63, 3.8) is 0 Å². The second kappa shape index (κ2) is 9.28. The molecule has 1 fully saturated rings. The van der Waals surface area contributed by atoms with Gasteiger partial charge in [-0.3, -0.25) is 9.78 Å². The first-order chi connectivity index (χ1) is 14.9. The summed E-state index contributed by atoms with van der Waals surface area (Å²) in [6, 6.07) is 6.16. The molecule has 0 saturated carbocycles. The number of amides is 1. The van der Waals surface area contributed by atoms with Crippen LogP contribution in [0.5, 0.6) is 0 Å². The van der Waals surface area contributed by atoms with Crippen molar-refractivity contribution >= 4 is 34.7 Å². The Labute approximate surface area is 189 Å². The van der Waals surface area contributed by atoms with Gasteiger partial charge < -0.3 is 10.2 Å². The molecule has 3 heterocycles. The van der Waals surface area contributed by atoms with Crippen LogP contribution in [0.4, 0.5) is 10.2 Å². The molecule has 0 spiro atoms. The third kappa shape index (κ3) is 4.85. The van der Waals surface area contributed by atoms with Gasteiger partial charge in [-0.1, -0.05) is 30.7 Å². The zero-order valence-corrected chi connectivity index (χ0v) is 18.9. The number of nitrogens with one attached hydrogen (secondary N) is 1. The van der Waals surface area contributed by atoms with Gasteiger partial charge in [-0.2, -0.15) is 0 Å². The number of aromatic nitrogens is 3. The summed E-state index contributed by atoms with van der Waals surface area (Å²) in [4.78, 5) is 29.1. The first kappa shape index (κ1) is 21.6. The molecule has 0 aliphatic carbocycles. The van der Waals surface area contributed by atoms with Crippen molar-refractivity contribution in [2.75, 3.05) is 18.4 Å². The third-order valence-electron chi connectivity index (χ3n) is 5.52. The van der Waals surface area contributed by atoms with Crippen LogP contribution in [-0.2, 0) is 0 Å². The molecule has 2 aromatic heterocycles. The van der Waals surface area contributed by atoms with Gasteiger partial charge in [0.2, 0.25) is 0 Å². The number of carbonyl (C=O) groups excluding carboxylic acids is 1. The standard InChI is InChI=1S/C22H23ClFN5OS/c1-13-4-3-9-29(17(13)10-26-19-12-25-11-18(23)28-19)22(30)20-21(31-14(2)27-20)15-5-7-16(24)8-6-15/h5-8,11-13,17H,3-4,9-10H2,1-2H3,(H,26,28). The summed E-state index contributed by atoms with van der Waals surface area (Å²) in [6.07, 6.45) is 5.07. The molecule has 1 amide bonds. The van der Waals surface area contributed by atoms with Crippen molar-refractivity contribution < 1.29 is 9.18 Å². The Morgan fingerprint density at radius 1 is 1.29 bits per heavy atom. The highest BCUT2D eigenvalue weighted by Gasteiger charge is 2.34. The highest BCUT2D eigenvalue weighted by Crippen LogP contribution is 2.33. The molecule has 6 nitrogen and oxygen atoms in total. The van der Waals surface area contributed by atoms with Crippen LogP contribution in [0.2, 0.25) is 5.15 Å². The van der Waals surface area contributed by atoms with Gasteiger partial charge in [0.15, 0.2) is 0 Å². The molecule has 0 radical (unpaired) electrons. The van der Waals surface area contributed by atoms with Crippen LogP contribution in [0.15, 0.2) is 36.7 Å². The number of rotatable bonds is 5. The topological polar surface area (TPSA) is 71.0 Å². The number of piperidine rings is 1. The summed E-state index contributed by atoms with van der Waals surface area (Å²) >= 11 is 7.38. The number of benzene rings is 1. The van der Waals surface area contributed by atoms with E-state index in [4.69, 9.17) is 11.6 Å². The average Bonchev–Trinajstić information content (AvgIpc) is 3.14. The number of likely N-dealkylation sites (tertiary alicyclic amines) is 1. The van der Waals surface area contributed by atoms with E-state index in [2.05, 4.69) is 27.2 Å². The fraction of sp³-hybridized carbons (Fsp3) is 0.364. The Morgan fingerprint density at radius 3 is 2.81 bits per heavy atom. The number of hydrogen-bond acceptors (Lipinski definition) is 6. The fourth-order valence-corrected chi connectivity index (χ4v) is 5.02. The van der Waals surface area contributed by atoms with E-state index in [0.29, 0.717) is 35.7 Å². The highest BCUT2D eigenvalue weighted by atomic mass is 35.5. The SMILES string of the molecule is Cc1nc(C(=O)N2CCCC(C)C2CNc2cncc(Cl)n2)c(-c2ccc(F)cc2)s1. The lowest BCUT2D eigenvalue weighted by Gasteiger charge is -2.40. The van der Waals surface area contributed by atoms with Crippen LogP contribution in [0.3, 0.4) is 0 Å². The zero-order valence-electron chi connectivity index (χ0n) is 17.3. The fourth-order valence-electron chi connectivity index (χ4n) is 3.95. The molecule has 2 atom stereocenters. The number of hydrogen-bond donors (Lipinski definition) is 1. The molecular formula is C22H23ClFN5OS. The number of nitrogens with zero attached hydrogens (tertiary/aromatic N) is 4. The highest BCUT2D eigenvalue weighted by molar-refractivity contribution is 7.15. The Kier molecular flexibility index (Phi) is 6.48. The number of aryl methyl sites for hydroxylation is 1. The number of halogens is 2. The lowest BCUT2D eigenvalue weighted by molar-refractivity contribution is 0.0535. The maximum atomic E-state index is 13.6. The Morgan fingerprint density at radius 2 is 2.06 bits per heavy atom. The third-order valence-corrected chi connectivity index (χ3v) is 6.72. The molecule has 1 N–H and O–H groups in total. The van der Waals surface area contributed by atoms with E-state index in [1.54, 1.807) is 18.3 Å². The second-order valence-electron chi connectivity index (χ2n) is 7.71. The van der Waals surface area contributed by atoms with Crippen molar-refractivity contribution in [2.45, 2.75) is 32.7 Å². The lowest BCUT2D eigenvalue weighted by Crippen LogP contribution is -2.51. The molecule has 1 saturated heterocycles. The quantitative estimate of drug-likeness (QED) is 0.577. The molecule has 3 aromatic rings. The van der Waals surface area contributed by atoms with Crippen molar-refractivity contribution in [2.24, 2.45) is 5.92 Å². The van der Waals surface area contributed by atoms with Crippen LogP contribution < -0.4 is 5.32 Å². The number of carbonyl (C=O) groups is 1. The average molecular weight is 460 g/mol. The van der Waals surface area contributed by atoms with Crippen LogP contribution >= 0.6 is 22.9 Å². The molecule has 1 aliphatic rings. The van der Waals surface area contributed by atoms with Crippen molar-refractivity contribution in [3.05, 3.63) is 58.3 Å². The Hall–Kier alpha value is -2.58. The molecule has 1 aliphatic heterocycles. The van der Waals surface area contributed by atoms with E-state index >= 15 is 0 Å². The van der Waals surface area contributed by atoms with Crippen LogP contribution in [0.25, 0.3) is 10.4 Å². The van der Waals surface area contributed by atoms with Crippen molar-refractivity contribution in [1.29, 1.82) is 0 Å². The smallest absolute Gasteiger partial charge is 0.274 e. The van der Waals surface area contributed by atoms with E-state index in [0.717, 1.165) is 28.3 Å². The van der Waals surface area contributed by atoms with E-state index in [1.165, 1.54) is 29.7 Å². The lowest BCUT2D eigenvalue weighted by atomic mass is 9.90. The number of thiazole rings is 1. The van der Waals surface area contributed by atoms with E-state index < -0.39 is 0 Å². The van der Waals surface area contributed by atoms with Crippen LogP contribution in [0.1, 0.15) is 35.3 Å². The molecule has 9 heteroatoms. The van der Waals surface area contributed by atoms with Crippen LogP contribution in [-0.4, -0.2) is 44.9 Å². The minimum Gasteiger partial charge on any atom is -0.367 e. The summed E-state index contributed by atoms with van der Waals surface area (Å²) in [7, 11) is 0. The molecule has 0 bridgehead atoms. The van der Waals surface area contributed by atoms with Gasteiger partial charge in [0.1, 0.15) is 22.5 Å². The minimum absolute atomic E-state index is 0.0231. The van der Waals surface area contributed by atoms with Gasteiger partial charge in [-0.15, -0.1) is 11.3 Å². The van der Waals surface area contributed by atoms with Gasteiger partial charge in [-0.05, 0) is 43.4 Å². The molecule has 2 unspecified atom stereocenters. The normalized spacial score (nSPS) is 18.8. The first-order valence-electron chi connectivity index (χ1n) is 10.2. The maximum Gasteiger partial charge on any atom is 0.274 e. The summed E-state index contributed by atoms with van der Waals surface area (Å²) in [5.41, 5.74) is 1.22. The Bertz CT molecular complexity index is 1070. The second-order valence-corrected chi connectivity index (χ2v) is 9.30. The van der Waals surface area contributed by atoms with Gasteiger partial charge in [0.05, 0.1) is 28.3 Å². The zero-order chi connectivity index (χ0) is 22.0. The molecule has 1 aromatic carbocycles. The summed E-state index contributed by atoms with van der Waals surface area (Å²) in [6.45, 7) is 5.24. The maximum absolute atomic E-state index is 13.6. The molecule has 162 valence electrons. The molecule has 4 rings (SSSR count). The van der Waals surface area contributed by atoms with Gasteiger partial charge >= 0.3 is 0 Å². The summed E-state index contributed by atoms with van der Waals surface area (Å²) in [5, 5.41) is 4.39. The molecular weight excluding hydrogens is 437 g/mol. The summed E-state index contributed by atoms with van der Waals surface area (Å²) in [5.74, 6) is 0.484. The Balaban J connectivity index is 1.59. The van der Waals surface area contributed by atoms with Crippen LogP contribution in [0, 0.1) is 18.7 Å². The molecule has 31 heavy (non-hydrogen) atoms. The predicted molar refractivity (Wildman–Crippen MR) is 121 cm³/mol. The predicted octanol–water partition coefficient (Wildman–Crippen LogP) is 5.05.